The van der Waals surface area contributed by atoms with Gasteiger partial charge in [0.1, 0.15) is 5.82 Å². The Morgan fingerprint density at radius 2 is 1.84 bits per heavy atom. The van der Waals surface area contributed by atoms with Crippen LogP contribution < -0.4 is 11.1 Å². The van der Waals surface area contributed by atoms with Crippen LogP contribution in [0.3, 0.4) is 0 Å². The summed E-state index contributed by atoms with van der Waals surface area (Å²) in [7, 11) is 0. The third kappa shape index (κ3) is 4.70. The number of alkyl halides is 2. The van der Waals surface area contributed by atoms with Crippen molar-refractivity contribution >= 4 is 11.7 Å². The monoisotopic (exact) mass is 430 g/mol. The standard InChI is InChI=1S/C23H28F2N4O2/c24-22(25)13-17(14-22)23(31,16-5-2-1-3-6-16)21(30)28-18-9-11-29(12-10-18)15-19-7-4-8-20(26)27-19/h1-8,17-18,31H,9-15H2,(H2,26,27)(H,28,30)/t23-/m0/s1. The van der Waals surface area contributed by atoms with Crippen LogP contribution in [0.1, 0.15) is 36.9 Å². The van der Waals surface area contributed by atoms with Gasteiger partial charge in [0.2, 0.25) is 5.92 Å². The molecule has 2 aliphatic rings. The van der Waals surface area contributed by atoms with E-state index in [0.717, 1.165) is 18.8 Å². The minimum Gasteiger partial charge on any atom is -0.384 e. The lowest BCUT2D eigenvalue weighted by Gasteiger charge is -2.45. The predicted molar refractivity (Wildman–Crippen MR) is 113 cm³/mol. The first-order valence-corrected chi connectivity index (χ1v) is 10.7. The zero-order valence-corrected chi connectivity index (χ0v) is 17.3. The molecule has 0 spiro atoms. The first-order valence-electron chi connectivity index (χ1n) is 10.7. The molecule has 31 heavy (non-hydrogen) atoms. The van der Waals surface area contributed by atoms with E-state index in [9.17, 15) is 18.7 Å². The van der Waals surface area contributed by atoms with E-state index in [2.05, 4.69) is 15.2 Å². The molecule has 0 radical (unpaired) electrons. The Hall–Kier alpha value is -2.58. The number of carbonyl (C=O) groups is 1. The molecule has 4 rings (SSSR count). The molecular formula is C23H28F2N4O2. The van der Waals surface area contributed by atoms with E-state index in [0.29, 0.717) is 30.8 Å². The Bertz CT molecular complexity index is 911. The van der Waals surface area contributed by atoms with Crippen molar-refractivity contribution in [2.45, 2.75) is 49.8 Å². The van der Waals surface area contributed by atoms with Crippen molar-refractivity contribution in [1.82, 2.24) is 15.2 Å². The zero-order valence-electron chi connectivity index (χ0n) is 17.3. The molecule has 6 nitrogen and oxygen atoms in total. The molecular weight excluding hydrogens is 402 g/mol. The maximum absolute atomic E-state index is 13.5. The molecule has 4 N–H and O–H groups in total. The summed E-state index contributed by atoms with van der Waals surface area (Å²) in [6.07, 6.45) is 0.439. The highest BCUT2D eigenvalue weighted by atomic mass is 19.3. The van der Waals surface area contributed by atoms with Crippen LogP contribution in [-0.2, 0) is 16.9 Å². The van der Waals surface area contributed by atoms with Crippen molar-refractivity contribution in [3.63, 3.8) is 0 Å². The highest BCUT2D eigenvalue weighted by molar-refractivity contribution is 5.87. The molecule has 166 valence electrons. The zero-order chi connectivity index (χ0) is 22.1. The number of aromatic nitrogens is 1. The number of hydrogen-bond acceptors (Lipinski definition) is 5. The predicted octanol–water partition coefficient (Wildman–Crippen LogP) is 2.68. The van der Waals surface area contributed by atoms with Gasteiger partial charge < -0.3 is 16.2 Å². The number of hydrogen-bond donors (Lipinski definition) is 3. The Balaban J connectivity index is 1.38. The van der Waals surface area contributed by atoms with E-state index in [1.165, 1.54) is 0 Å². The molecule has 1 aliphatic heterocycles. The van der Waals surface area contributed by atoms with Gasteiger partial charge in [0, 0.05) is 44.4 Å². The van der Waals surface area contributed by atoms with Gasteiger partial charge in [0.05, 0.1) is 5.69 Å². The molecule has 0 unspecified atom stereocenters. The van der Waals surface area contributed by atoms with Crippen molar-refractivity contribution in [3.8, 4) is 0 Å². The maximum Gasteiger partial charge on any atom is 0.257 e. The number of nitrogens with two attached hydrogens (primary N) is 1. The maximum atomic E-state index is 13.5. The Morgan fingerprint density at radius 3 is 2.45 bits per heavy atom. The summed E-state index contributed by atoms with van der Waals surface area (Å²) >= 11 is 0. The first kappa shape index (κ1) is 21.6. The molecule has 1 atom stereocenters. The van der Waals surface area contributed by atoms with E-state index in [1.807, 2.05) is 12.1 Å². The number of pyridine rings is 1. The minimum absolute atomic E-state index is 0.117. The minimum atomic E-state index is -2.83. The van der Waals surface area contributed by atoms with Crippen LogP contribution in [0, 0.1) is 5.92 Å². The van der Waals surface area contributed by atoms with Crippen molar-refractivity contribution in [2.75, 3.05) is 18.8 Å². The second kappa shape index (κ2) is 8.51. The van der Waals surface area contributed by atoms with E-state index in [4.69, 9.17) is 5.73 Å². The number of nitrogens with zero attached hydrogens (tertiary/aromatic N) is 2. The molecule has 1 aliphatic carbocycles. The number of anilines is 1. The van der Waals surface area contributed by atoms with Crippen LogP contribution in [0.2, 0.25) is 0 Å². The number of nitrogen functional groups attached to an aromatic ring is 1. The average Bonchev–Trinajstić information content (AvgIpc) is 2.73. The normalized spacial score (nSPS) is 21.8. The number of piperidine rings is 1. The van der Waals surface area contributed by atoms with Gasteiger partial charge in [-0.3, -0.25) is 9.69 Å². The number of nitrogens with one attached hydrogen (secondary N) is 1. The summed E-state index contributed by atoms with van der Waals surface area (Å²) < 4.78 is 27.1. The second-order valence-electron chi connectivity index (χ2n) is 8.67. The lowest BCUT2D eigenvalue weighted by molar-refractivity contribution is -0.189. The molecule has 0 bridgehead atoms. The van der Waals surface area contributed by atoms with Gasteiger partial charge in [-0.2, -0.15) is 0 Å². The lowest BCUT2D eigenvalue weighted by Crippen LogP contribution is -2.58. The fourth-order valence-electron chi connectivity index (χ4n) is 4.55. The number of benzene rings is 1. The summed E-state index contributed by atoms with van der Waals surface area (Å²) in [6.45, 7) is 2.19. The van der Waals surface area contributed by atoms with E-state index >= 15 is 0 Å². The van der Waals surface area contributed by atoms with Gasteiger partial charge in [-0.25, -0.2) is 13.8 Å². The van der Waals surface area contributed by atoms with Crippen LogP contribution in [0.5, 0.6) is 0 Å². The Morgan fingerprint density at radius 1 is 1.16 bits per heavy atom. The summed E-state index contributed by atoms with van der Waals surface area (Å²) in [6, 6.07) is 13.8. The lowest BCUT2D eigenvalue weighted by atomic mass is 9.67. The molecule has 1 saturated carbocycles. The molecule has 8 heteroatoms. The van der Waals surface area contributed by atoms with E-state index in [1.54, 1.807) is 36.4 Å². The van der Waals surface area contributed by atoms with E-state index in [-0.39, 0.29) is 6.04 Å². The third-order valence-corrected chi connectivity index (χ3v) is 6.38. The topological polar surface area (TPSA) is 91.5 Å². The molecule has 1 aromatic heterocycles. The van der Waals surface area contributed by atoms with Crippen LogP contribution in [0.4, 0.5) is 14.6 Å². The summed E-state index contributed by atoms with van der Waals surface area (Å²) in [5.74, 6) is -3.73. The summed E-state index contributed by atoms with van der Waals surface area (Å²) in [5, 5.41) is 14.3. The van der Waals surface area contributed by atoms with E-state index < -0.39 is 36.2 Å². The SMILES string of the molecule is Nc1cccc(CN2CCC(NC(=O)[C@](O)(c3ccccc3)C3CC(F)(F)C3)CC2)n1. The van der Waals surface area contributed by atoms with Crippen molar-refractivity contribution in [2.24, 2.45) is 5.92 Å². The van der Waals surface area contributed by atoms with Gasteiger partial charge in [-0.1, -0.05) is 36.4 Å². The number of likely N-dealkylation sites (tertiary alicyclic amines) is 1. The van der Waals surface area contributed by atoms with Crippen molar-refractivity contribution < 1.29 is 18.7 Å². The Kier molecular flexibility index (Phi) is 5.94. The Labute approximate surface area is 180 Å². The molecule has 2 heterocycles. The fraction of sp³-hybridized carbons (Fsp3) is 0.478. The van der Waals surface area contributed by atoms with Crippen LogP contribution in [0.15, 0.2) is 48.5 Å². The van der Waals surface area contributed by atoms with Crippen molar-refractivity contribution in [3.05, 3.63) is 59.8 Å². The van der Waals surface area contributed by atoms with Gasteiger partial charge in [0.15, 0.2) is 5.60 Å². The second-order valence-corrected chi connectivity index (χ2v) is 8.67. The summed E-state index contributed by atoms with van der Waals surface area (Å²) in [5.41, 5.74) is 5.04. The highest BCUT2D eigenvalue weighted by Gasteiger charge is 2.58. The number of carbonyl (C=O) groups excluding carboxylic acids is 1. The molecule has 2 aromatic rings. The van der Waals surface area contributed by atoms with Gasteiger partial charge >= 0.3 is 0 Å². The largest absolute Gasteiger partial charge is 0.384 e. The van der Waals surface area contributed by atoms with Crippen molar-refractivity contribution in [1.29, 1.82) is 0 Å². The average molecular weight is 430 g/mol. The van der Waals surface area contributed by atoms with Crippen LogP contribution in [0.25, 0.3) is 0 Å². The third-order valence-electron chi connectivity index (χ3n) is 6.38. The van der Waals surface area contributed by atoms with Crippen LogP contribution >= 0.6 is 0 Å². The van der Waals surface area contributed by atoms with Gasteiger partial charge in [-0.15, -0.1) is 0 Å². The number of amides is 1. The van der Waals surface area contributed by atoms with Crippen LogP contribution in [-0.4, -0.2) is 46.0 Å². The smallest absolute Gasteiger partial charge is 0.257 e. The van der Waals surface area contributed by atoms with Gasteiger partial charge in [0.25, 0.3) is 5.91 Å². The first-order chi connectivity index (χ1) is 14.8. The highest BCUT2D eigenvalue weighted by Crippen LogP contribution is 2.51. The summed E-state index contributed by atoms with van der Waals surface area (Å²) in [4.78, 5) is 19.7. The molecule has 1 aromatic carbocycles. The molecule has 1 amide bonds. The quantitative estimate of drug-likeness (QED) is 0.656. The molecule has 2 fully saturated rings. The number of rotatable bonds is 6. The number of halogens is 2. The van der Waals surface area contributed by atoms with Gasteiger partial charge in [-0.05, 0) is 30.5 Å². The fourth-order valence-corrected chi connectivity index (χ4v) is 4.55. The number of aliphatic hydroxyl groups is 1. The molecule has 1 saturated heterocycles.